The molecular weight excluding hydrogens is 1540 g/mol. The van der Waals surface area contributed by atoms with Gasteiger partial charge in [-0.25, -0.2) is 0 Å². The first-order valence-corrected chi connectivity index (χ1v) is 46.4. The van der Waals surface area contributed by atoms with Crippen LogP contribution >= 0.6 is 0 Å². The van der Waals surface area contributed by atoms with Gasteiger partial charge in [0.25, 0.3) is 0 Å². The molecule has 1 N–H and O–H groups in total. The van der Waals surface area contributed by atoms with Crippen molar-refractivity contribution in [1.29, 1.82) is 0 Å². The molecule has 27 heteroatoms. The first kappa shape index (κ1) is 99.2. The lowest BCUT2D eigenvalue weighted by atomic mass is 9.80. The van der Waals surface area contributed by atoms with Gasteiger partial charge in [-0.3, -0.25) is 0 Å². The molecule has 4 aromatic carbocycles. The minimum atomic E-state index is -8.76. The van der Waals surface area contributed by atoms with Crippen LogP contribution in [-0.2, 0) is 35.0 Å². The summed E-state index contributed by atoms with van der Waals surface area (Å²) in [5, 5.41) is 11.2. The number of ether oxygens (including phenoxy) is 3. The lowest BCUT2D eigenvalue weighted by Crippen LogP contribution is -2.74. The maximum absolute atomic E-state index is 16.4. The molecule has 0 saturated carbocycles. The number of rotatable bonds is 45. The number of benzene rings is 4. The molecule has 11 atom stereocenters. The van der Waals surface area contributed by atoms with Crippen LogP contribution in [0.25, 0.3) is 0 Å². The maximum atomic E-state index is 16.4. The summed E-state index contributed by atoms with van der Waals surface area (Å²) in [6.45, 7) is 42.3. The lowest BCUT2D eigenvalue weighted by molar-refractivity contribution is -0.461. The molecule has 112 heavy (non-hydrogen) atoms. The SMILES string of the molecule is C=C/C=C/[C@H](C)[C@H](OCc1ccc(OC)cc1)[C@@H](C)[C@@H](O)CC[C@H](C)C[C@H](C)[C@@H](O[Si](C)(C)C(C)(C)C)[C@@H](C)C=C[C@H](C[C@@H](O[Si](CCC(F)(F)C(F)(F)C(F)(F)C(F)(F)C(F)(F)C(F)(F)C(F)(F)C(F)(F)F)(C(C)C)C(C)C)[C@H](C)/C=C/COC(c1ccccc1)(c1ccccc1)c1ccccc1)O[Si](C)(C)C(C)(C)C. The minimum absolute atomic E-state index is 0.0643. The zero-order valence-corrected chi connectivity index (χ0v) is 71.7. The molecule has 0 fully saturated rings. The van der Waals surface area contributed by atoms with E-state index in [1.807, 2.05) is 194 Å². The van der Waals surface area contributed by atoms with E-state index in [0.717, 1.165) is 22.3 Å². The van der Waals surface area contributed by atoms with E-state index >= 15 is 35.1 Å². The molecule has 0 unspecified atom stereocenters. The van der Waals surface area contributed by atoms with E-state index in [1.165, 1.54) is 27.7 Å². The molecule has 0 radical (unpaired) electrons. The van der Waals surface area contributed by atoms with Crippen LogP contribution in [0, 0.1) is 35.5 Å². The van der Waals surface area contributed by atoms with Gasteiger partial charge in [-0.15, -0.1) is 0 Å². The highest BCUT2D eigenvalue weighted by molar-refractivity contribution is 6.76. The standard InChI is InChI=1S/C85H121F17O7Si3/c1-23-24-35-61(8)74(105-56-65-45-48-69(104-18)49-46-65)64(11)71(103)50-43-59(6)54-63(10)73(109-111(21,22)76(15,16)17)62(9)44-47-70(107-110(19,20)75(12,13)14)55-72(60(7)36-34-52-106-78(66-37-28-25-29-38-66,67-39-30-26-31-40-67)68-41-32-27-33-42-68)108-112(57(2)3,58(4)5)53-51-77(86,87)79(88,89)80(90,91)81(92,93)82(94,95)83(96,97)84(98,99)85(100,101)102/h23-42,44-49,57-64,70-74,103H,1,43,50-56H2,2-22H3/b35-24+,36-34+,47-44?/t59-,60+,61-,62-,63-,64-,70+,71-,72+,73-,74-/m0/s1. The molecule has 634 valence electrons. The van der Waals surface area contributed by atoms with Crippen molar-refractivity contribution in [3.05, 3.63) is 187 Å². The second-order valence-corrected chi connectivity index (χ2v) is 48.6. The van der Waals surface area contributed by atoms with Gasteiger partial charge in [0, 0.05) is 24.7 Å². The van der Waals surface area contributed by atoms with Crippen LogP contribution in [-0.4, -0.2) is 122 Å². The van der Waals surface area contributed by atoms with E-state index < -0.39 is 137 Å². The Morgan fingerprint density at radius 2 is 0.920 bits per heavy atom. The first-order valence-electron chi connectivity index (χ1n) is 38.3. The van der Waals surface area contributed by atoms with Gasteiger partial charge in [-0.05, 0) is 131 Å². The third-order valence-electron chi connectivity index (χ3n) is 23.1. The van der Waals surface area contributed by atoms with Crippen molar-refractivity contribution in [2.75, 3.05) is 13.7 Å². The molecule has 0 aliphatic carbocycles. The van der Waals surface area contributed by atoms with E-state index in [0.29, 0.717) is 31.6 Å². The summed E-state index contributed by atoms with van der Waals surface area (Å²) in [5.74, 6) is -58.3. The zero-order valence-electron chi connectivity index (χ0n) is 68.7. The molecule has 0 amide bonds. The third-order valence-corrected chi connectivity index (χ3v) is 37.8. The largest absolute Gasteiger partial charge is 0.497 e. The molecule has 0 heterocycles. The Bertz CT molecular complexity index is 3480. The predicted molar refractivity (Wildman–Crippen MR) is 419 cm³/mol. The van der Waals surface area contributed by atoms with Crippen LogP contribution in [0.4, 0.5) is 74.6 Å². The smallest absolute Gasteiger partial charge is 0.460 e. The van der Waals surface area contributed by atoms with Crippen LogP contribution < -0.4 is 4.74 Å². The van der Waals surface area contributed by atoms with Gasteiger partial charge in [0.2, 0.25) is 0 Å². The van der Waals surface area contributed by atoms with Gasteiger partial charge in [-0.1, -0.05) is 263 Å². The van der Waals surface area contributed by atoms with Crippen LogP contribution in [0.5, 0.6) is 5.75 Å². The number of aliphatic hydroxyl groups is 1. The number of methoxy groups -OCH3 is 1. The quantitative estimate of drug-likeness (QED) is 0.0155. The monoisotopic (exact) mass is 1660 g/mol. The molecule has 4 aromatic rings. The van der Waals surface area contributed by atoms with Crippen molar-refractivity contribution in [1.82, 2.24) is 0 Å². The van der Waals surface area contributed by atoms with Crippen molar-refractivity contribution in [3.8, 4) is 5.75 Å². The van der Waals surface area contributed by atoms with Crippen molar-refractivity contribution in [2.24, 2.45) is 35.5 Å². The first-order chi connectivity index (χ1) is 51.2. The Labute approximate surface area is 657 Å². The van der Waals surface area contributed by atoms with Crippen molar-refractivity contribution < 1.29 is 107 Å². The number of alkyl halides is 17. The summed E-state index contributed by atoms with van der Waals surface area (Å²) < 4.78 is 292. The summed E-state index contributed by atoms with van der Waals surface area (Å²) in [6.07, 6.45) is 0.154. The van der Waals surface area contributed by atoms with E-state index in [-0.39, 0.29) is 53.8 Å². The zero-order chi connectivity index (χ0) is 85.7. The fraction of sp³-hybridized carbons (Fsp3) is 0.624. The highest BCUT2D eigenvalue weighted by atomic mass is 28.4. The maximum Gasteiger partial charge on any atom is 0.460 e. The number of hydrogen-bond acceptors (Lipinski definition) is 7. The molecule has 0 aromatic heterocycles. The summed E-state index contributed by atoms with van der Waals surface area (Å²) in [6, 6.07) is 34.2. The van der Waals surface area contributed by atoms with Crippen LogP contribution in [0.3, 0.4) is 0 Å². The van der Waals surface area contributed by atoms with Gasteiger partial charge in [0.05, 0.1) is 50.8 Å². The molecular formula is C85H121F17O7Si3. The number of aliphatic hydroxyl groups excluding tert-OH is 1. The van der Waals surface area contributed by atoms with Crippen LogP contribution in [0.1, 0.15) is 165 Å². The normalized spacial score (nSPS) is 17.4. The molecule has 0 aliphatic rings. The van der Waals surface area contributed by atoms with Gasteiger partial charge in [0.15, 0.2) is 25.0 Å². The highest BCUT2D eigenvalue weighted by Crippen LogP contribution is 2.65. The third kappa shape index (κ3) is 22.8. The fourth-order valence-corrected chi connectivity index (χ4v) is 21.3. The molecule has 0 saturated heterocycles. The van der Waals surface area contributed by atoms with Crippen LogP contribution in [0.15, 0.2) is 164 Å². The van der Waals surface area contributed by atoms with Gasteiger partial charge in [0.1, 0.15) is 11.4 Å². The Morgan fingerprint density at radius 3 is 1.35 bits per heavy atom. The average molecular weight is 1660 g/mol. The Morgan fingerprint density at radius 1 is 0.482 bits per heavy atom. The minimum Gasteiger partial charge on any atom is -0.497 e. The Hall–Kier alpha value is -5.14. The molecule has 4 rings (SSSR count). The molecule has 7 nitrogen and oxygen atoms in total. The number of allylic oxidation sites excluding steroid dienone is 2. The molecule has 0 spiro atoms. The van der Waals surface area contributed by atoms with Gasteiger partial charge >= 0.3 is 47.6 Å². The van der Waals surface area contributed by atoms with E-state index in [4.69, 9.17) is 27.5 Å². The lowest BCUT2D eigenvalue weighted by Gasteiger charge is -2.46. The van der Waals surface area contributed by atoms with Crippen molar-refractivity contribution in [2.45, 2.75) is 287 Å². The van der Waals surface area contributed by atoms with Crippen LogP contribution in [0.2, 0.25) is 53.4 Å². The average Bonchev–Trinajstić information content (AvgIpc) is 0.694. The summed E-state index contributed by atoms with van der Waals surface area (Å²) in [4.78, 5) is 0. The fourth-order valence-electron chi connectivity index (χ4n) is 13.8. The van der Waals surface area contributed by atoms with E-state index in [9.17, 15) is 44.6 Å². The molecule has 0 bridgehead atoms. The summed E-state index contributed by atoms with van der Waals surface area (Å²) in [7, 11) is -8.44. The topological polar surface area (TPSA) is 75.6 Å². The van der Waals surface area contributed by atoms with E-state index in [1.54, 1.807) is 32.3 Å². The van der Waals surface area contributed by atoms with Gasteiger partial charge < -0.3 is 32.6 Å². The van der Waals surface area contributed by atoms with E-state index in [2.05, 4.69) is 54.3 Å². The Kier molecular flexibility index (Phi) is 34.5. The Balaban J connectivity index is 1.92. The van der Waals surface area contributed by atoms with Crippen molar-refractivity contribution in [3.63, 3.8) is 0 Å². The predicted octanol–water partition coefficient (Wildman–Crippen LogP) is 26.5. The highest BCUT2D eigenvalue weighted by Gasteiger charge is 2.95. The van der Waals surface area contributed by atoms with Crippen molar-refractivity contribution >= 4 is 25.0 Å². The van der Waals surface area contributed by atoms with Gasteiger partial charge in [-0.2, -0.15) is 74.6 Å². The summed E-state index contributed by atoms with van der Waals surface area (Å²) in [5.41, 5.74) is -0.0795. The second kappa shape index (κ2) is 39.0. The number of halogens is 17. The second-order valence-electron chi connectivity index (χ2n) is 34.1. The summed E-state index contributed by atoms with van der Waals surface area (Å²) >= 11 is 0. The molecule has 0 aliphatic heterocycles. The number of hydrogen-bond donors (Lipinski definition) is 1.